The number of aromatic hydroxyl groups is 1. The van der Waals surface area contributed by atoms with Gasteiger partial charge < -0.3 is 10.4 Å². The topological polar surface area (TPSA) is 45.2 Å². The van der Waals surface area contributed by atoms with E-state index >= 15 is 0 Å². The number of phenols is 1. The van der Waals surface area contributed by atoms with Crippen LogP contribution in [0.1, 0.15) is 18.5 Å². The molecular weight excluding hydrogens is 311 g/mol. The minimum Gasteiger partial charge on any atom is -0.508 e. The van der Waals surface area contributed by atoms with Gasteiger partial charge >= 0.3 is 0 Å². The summed E-state index contributed by atoms with van der Waals surface area (Å²) in [5.41, 5.74) is 3.68. The number of benzene rings is 2. The summed E-state index contributed by atoms with van der Waals surface area (Å²) in [6, 6.07) is 7.26. The lowest BCUT2D eigenvalue weighted by Crippen LogP contribution is -2.08. The Hall–Kier alpha value is -1.85. The highest BCUT2D eigenvalue weighted by Crippen LogP contribution is 2.36. The molecule has 3 nitrogen and oxygen atoms in total. The lowest BCUT2D eigenvalue weighted by Gasteiger charge is -2.18. The van der Waals surface area contributed by atoms with Crippen LogP contribution in [0, 0.1) is 5.82 Å². The van der Waals surface area contributed by atoms with Crippen LogP contribution in [0.5, 0.6) is 5.75 Å². The number of fused-ring (bicyclic) bond motifs is 1. The first-order valence-corrected chi connectivity index (χ1v) is 7.58. The fourth-order valence-corrected chi connectivity index (χ4v) is 3.10. The first kappa shape index (κ1) is 14.1. The molecule has 1 heterocycles. The Kier molecular flexibility index (Phi) is 3.69. The maximum atomic E-state index is 13.4. The van der Waals surface area contributed by atoms with E-state index in [2.05, 4.69) is 10.3 Å². The zero-order chi connectivity index (χ0) is 15.0. The van der Waals surface area contributed by atoms with Crippen LogP contribution < -0.4 is 5.32 Å². The van der Waals surface area contributed by atoms with Gasteiger partial charge in [0, 0.05) is 5.56 Å². The molecule has 0 bridgehead atoms. The molecule has 21 heavy (non-hydrogen) atoms. The molecule has 0 aliphatic carbocycles. The highest BCUT2D eigenvalue weighted by Gasteiger charge is 2.15. The fraction of sp³-hybridized carbons (Fsp3) is 0.133. The van der Waals surface area contributed by atoms with Crippen LogP contribution in [-0.4, -0.2) is 10.1 Å². The first-order chi connectivity index (χ1) is 10.1. The van der Waals surface area contributed by atoms with Crippen LogP contribution in [0.4, 0.5) is 10.1 Å². The second-order valence-corrected chi connectivity index (χ2v) is 5.98. The third-order valence-electron chi connectivity index (χ3n) is 3.27. The lowest BCUT2D eigenvalue weighted by atomic mass is 10.1. The van der Waals surface area contributed by atoms with Crippen LogP contribution in [0.3, 0.4) is 0 Å². The van der Waals surface area contributed by atoms with Gasteiger partial charge in [-0.1, -0.05) is 11.6 Å². The van der Waals surface area contributed by atoms with E-state index < -0.39 is 5.82 Å². The molecule has 6 heteroatoms. The fourth-order valence-electron chi connectivity index (χ4n) is 2.21. The van der Waals surface area contributed by atoms with Gasteiger partial charge in [0.15, 0.2) is 0 Å². The molecule has 0 radical (unpaired) electrons. The number of thiazole rings is 1. The van der Waals surface area contributed by atoms with Crippen LogP contribution in [-0.2, 0) is 0 Å². The molecule has 3 rings (SSSR count). The second kappa shape index (κ2) is 5.50. The van der Waals surface area contributed by atoms with Gasteiger partial charge in [0.05, 0.1) is 27.0 Å². The Morgan fingerprint density at radius 1 is 1.33 bits per heavy atom. The largest absolute Gasteiger partial charge is 0.508 e. The zero-order valence-corrected chi connectivity index (χ0v) is 12.7. The monoisotopic (exact) mass is 322 g/mol. The average Bonchev–Trinajstić information content (AvgIpc) is 2.93. The van der Waals surface area contributed by atoms with Crippen molar-refractivity contribution in [3.05, 3.63) is 52.2 Å². The Bertz CT molecular complexity index is 805. The average molecular weight is 323 g/mol. The Balaban J connectivity index is 2.00. The normalized spacial score (nSPS) is 12.5. The number of halogens is 2. The predicted molar refractivity (Wildman–Crippen MR) is 84.7 cm³/mol. The van der Waals surface area contributed by atoms with Gasteiger partial charge in [0.25, 0.3) is 0 Å². The summed E-state index contributed by atoms with van der Waals surface area (Å²) in [6.07, 6.45) is 0. The molecule has 3 aromatic rings. The number of nitrogens with zero attached hydrogens (tertiary/aromatic N) is 1. The van der Waals surface area contributed by atoms with Crippen molar-refractivity contribution in [3.8, 4) is 5.75 Å². The van der Waals surface area contributed by atoms with Crippen molar-refractivity contribution < 1.29 is 9.50 Å². The number of hydrogen-bond donors (Lipinski definition) is 2. The highest BCUT2D eigenvalue weighted by molar-refractivity contribution is 7.16. The zero-order valence-electron chi connectivity index (χ0n) is 11.1. The Morgan fingerprint density at radius 2 is 2.14 bits per heavy atom. The lowest BCUT2D eigenvalue weighted by molar-refractivity contribution is 0.462. The summed E-state index contributed by atoms with van der Waals surface area (Å²) in [5, 5.41) is 13.6. The van der Waals surface area contributed by atoms with Crippen molar-refractivity contribution in [2.24, 2.45) is 0 Å². The molecule has 0 saturated carbocycles. The molecule has 1 aromatic heterocycles. The molecule has 1 atom stereocenters. The van der Waals surface area contributed by atoms with Gasteiger partial charge in [-0.2, -0.15) is 0 Å². The van der Waals surface area contributed by atoms with Crippen molar-refractivity contribution in [3.63, 3.8) is 0 Å². The number of nitrogens with one attached hydrogen (secondary N) is 1. The van der Waals surface area contributed by atoms with Gasteiger partial charge in [-0.3, -0.25) is 0 Å². The van der Waals surface area contributed by atoms with Crippen LogP contribution in [0.25, 0.3) is 10.2 Å². The number of rotatable bonds is 3. The van der Waals surface area contributed by atoms with E-state index in [-0.39, 0.29) is 11.8 Å². The van der Waals surface area contributed by atoms with Crippen LogP contribution >= 0.6 is 22.9 Å². The van der Waals surface area contributed by atoms with Gasteiger partial charge in [-0.25, -0.2) is 9.37 Å². The Labute approximate surface area is 130 Å². The van der Waals surface area contributed by atoms with E-state index in [0.717, 1.165) is 10.2 Å². The van der Waals surface area contributed by atoms with Crippen LogP contribution in [0.15, 0.2) is 35.8 Å². The van der Waals surface area contributed by atoms with E-state index in [1.165, 1.54) is 29.5 Å². The molecule has 1 unspecified atom stereocenters. The van der Waals surface area contributed by atoms with E-state index in [1.807, 2.05) is 13.0 Å². The van der Waals surface area contributed by atoms with Crippen molar-refractivity contribution in [2.75, 3.05) is 5.32 Å². The van der Waals surface area contributed by atoms with Crippen molar-refractivity contribution in [1.82, 2.24) is 4.98 Å². The molecule has 2 N–H and O–H groups in total. The van der Waals surface area contributed by atoms with Crippen molar-refractivity contribution in [2.45, 2.75) is 13.0 Å². The quantitative estimate of drug-likeness (QED) is 0.715. The summed E-state index contributed by atoms with van der Waals surface area (Å²) in [7, 11) is 0. The minimum atomic E-state index is -0.394. The van der Waals surface area contributed by atoms with Gasteiger partial charge in [0.1, 0.15) is 17.1 Å². The molecule has 0 saturated heterocycles. The molecule has 0 spiro atoms. The number of hydrogen-bond acceptors (Lipinski definition) is 4. The third kappa shape index (κ3) is 2.66. The summed E-state index contributed by atoms with van der Waals surface area (Å²) < 4.78 is 14.4. The second-order valence-electron chi connectivity index (χ2n) is 4.69. The molecule has 0 aliphatic heterocycles. The Morgan fingerprint density at radius 3 is 2.95 bits per heavy atom. The third-order valence-corrected chi connectivity index (χ3v) is 4.38. The summed E-state index contributed by atoms with van der Waals surface area (Å²) >= 11 is 7.75. The SMILES string of the molecule is CC(Nc1c(Cl)ccc2scnc12)c1cc(F)ccc1O. The van der Waals surface area contributed by atoms with Crippen molar-refractivity contribution in [1.29, 1.82) is 0 Å². The molecular formula is C15H12ClFN2OS. The summed E-state index contributed by atoms with van der Waals surface area (Å²) in [5.74, 6) is -0.354. The molecule has 0 amide bonds. The standard InChI is InChI=1S/C15H12ClFN2OS/c1-8(10-6-9(17)2-4-12(10)20)19-14-11(16)3-5-13-15(14)18-7-21-13/h2-8,19-20H,1H3. The minimum absolute atomic E-state index is 0.0398. The first-order valence-electron chi connectivity index (χ1n) is 6.33. The van der Waals surface area contributed by atoms with Crippen LogP contribution in [0.2, 0.25) is 5.02 Å². The van der Waals surface area contributed by atoms with Crippen molar-refractivity contribution >= 4 is 38.8 Å². The van der Waals surface area contributed by atoms with E-state index in [4.69, 9.17) is 11.6 Å². The van der Waals surface area contributed by atoms with Gasteiger partial charge in [-0.05, 0) is 37.3 Å². The van der Waals surface area contributed by atoms with E-state index in [0.29, 0.717) is 16.3 Å². The maximum Gasteiger partial charge on any atom is 0.123 e. The number of anilines is 1. The molecule has 2 aromatic carbocycles. The van der Waals surface area contributed by atoms with Gasteiger partial charge in [0.2, 0.25) is 0 Å². The predicted octanol–water partition coefficient (Wildman–Crippen LogP) is 4.97. The number of phenolic OH excluding ortho intramolecular Hbond substituents is 1. The molecule has 0 fully saturated rings. The van der Waals surface area contributed by atoms with E-state index in [1.54, 1.807) is 11.6 Å². The van der Waals surface area contributed by atoms with E-state index in [9.17, 15) is 9.50 Å². The maximum absolute atomic E-state index is 13.4. The van der Waals surface area contributed by atoms with Gasteiger partial charge in [-0.15, -0.1) is 11.3 Å². The highest BCUT2D eigenvalue weighted by atomic mass is 35.5. The molecule has 0 aliphatic rings. The smallest absolute Gasteiger partial charge is 0.123 e. The summed E-state index contributed by atoms with van der Waals surface area (Å²) in [6.45, 7) is 1.83. The summed E-state index contributed by atoms with van der Waals surface area (Å²) in [4.78, 5) is 4.30. The number of aromatic nitrogens is 1. The molecule has 108 valence electrons.